The molecule has 4 saturated carbocycles. The summed E-state index contributed by atoms with van der Waals surface area (Å²) in [6.45, 7) is 0.587. The number of Topliss-reactive ketones (excluding diaryl/α,β-unsaturated/α-hetero) is 1. The molecule has 0 saturated heterocycles. The number of aromatic nitrogens is 2. The van der Waals surface area contributed by atoms with Crippen molar-refractivity contribution in [1.82, 2.24) is 9.55 Å². The molecule has 4 fully saturated rings. The molecular weight excluding hydrogens is 448 g/mol. The summed E-state index contributed by atoms with van der Waals surface area (Å²) < 4.78 is 7.72. The van der Waals surface area contributed by atoms with Crippen LogP contribution in [-0.4, -0.2) is 27.9 Å². The van der Waals surface area contributed by atoms with Crippen molar-refractivity contribution in [2.24, 2.45) is 23.2 Å². The van der Waals surface area contributed by atoms with Crippen LogP contribution < -0.4 is 0 Å². The zero-order valence-corrected chi connectivity index (χ0v) is 20.8. The first-order valence-corrected chi connectivity index (χ1v) is 13.4. The number of nitrogens with zero attached hydrogens (tertiary/aromatic N) is 2. The number of ketones is 1. The van der Waals surface area contributed by atoms with E-state index in [9.17, 15) is 9.59 Å². The SMILES string of the molecule is O=C(CCCOC(=O)C12CC3CC(CC(C3)C1)C2)Cn1cnc(-c2ccccc2)c1-c1ccccc1. The number of hydrogen-bond acceptors (Lipinski definition) is 4. The van der Waals surface area contributed by atoms with Gasteiger partial charge in [-0.2, -0.15) is 0 Å². The molecule has 0 radical (unpaired) electrons. The molecule has 186 valence electrons. The first-order chi connectivity index (χ1) is 17.6. The van der Waals surface area contributed by atoms with Crippen molar-refractivity contribution < 1.29 is 14.3 Å². The van der Waals surface area contributed by atoms with E-state index in [1.807, 2.05) is 65.2 Å². The quantitative estimate of drug-likeness (QED) is 0.264. The summed E-state index contributed by atoms with van der Waals surface area (Å²) >= 11 is 0. The second kappa shape index (κ2) is 9.68. The lowest BCUT2D eigenvalue weighted by atomic mass is 9.49. The van der Waals surface area contributed by atoms with E-state index < -0.39 is 0 Å². The lowest BCUT2D eigenvalue weighted by Gasteiger charge is -2.55. The highest BCUT2D eigenvalue weighted by Crippen LogP contribution is 2.60. The molecule has 5 heteroatoms. The summed E-state index contributed by atoms with van der Waals surface area (Å²) in [5.41, 5.74) is 3.65. The van der Waals surface area contributed by atoms with Crippen LogP contribution in [0.3, 0.4) is 0 Å². The van der Waals surface area contributed by atoms with Gasteiger partial charge in [-0.15, -0.1) is 0 Å². The normalized spacial score (nSPS) is 26.2. The Labute approximate surface area is 212 Å². The molecule has 0 atom stereocenters. The van der Waals surface area contributed by atoms with Gasteiger partial charge in [-0.1, -0.05) is 60.7 Å². The van der Waals surface area contributed by atoms with Crippen LogP contribution in [0.15, 0.2) is 67.0 Å². The smallest absolute Gasteiger partial charge is 0.312 e. The van der Waals surface area contributed by atoms with Crippen LogP contribution in [0.5, 0.6) is 0 Å². The lowest BCUT2D eigenvalue weighted by Crippen LogP contribution is -2.50. The Morgan fingerprint density at radius 1 is 0.861 bits per heavy atom. The van der Waals surface area contributed by atoms with E-state index in [-0.39, 0.29) is 23.7 Å². The van der Waals surface area contributed by atoms with Gasteiger partial charge in [0.1, 0.15) is 0 Å². The first kappa shape index (κ1) is 23.2. The van der Waals surface area contributed by atoms with Crippen LogP contribution in [0, 0.1) is 23.2 Å². The highest BCUT2D eigenvalue weighted by molar-refractivity contribution is 5.82. The molecule has 3 aromatic rings. The molecule has 1 heterocycles. The van der Waals surface area contributed by atoms with Crippen molar-refractivity contribution in [3.05, 3.63) is 67.0 Å². The molecule has 36 heavy (non-hydrogen) atoms. The van der Waals surface area contributed by atoms with Crippen molar-refractivity contribution in [3.8, 4) is 22.5 Å². The lowest BCUT2D eigenvalue weighted by molar-refractivity contribution is -0.171. The van der Waals surface area contributed by atoms with Crippen LogP contribution in [0.2, 0.25) is 0 Å². The topological polar surface area (TPSA) is 61.2 Å². The fourth-order valence-electron chi connectivity index (χ4n) is 7.43. The molecule has 4 aliphatic carbocycles. The highest BCUT2D eigenvalue weighted by atomic mass is 16.5. The van der Waals surface area contributed by atoms with E-state index in [4.69, 9.17) is 4.74 Å². The van der Waals surface area contributed by atoms with E-state index in [1.54, 1.807) is 6.33 Å². The third-order valence-corrected chi connectivity index (χ3v) is 8.58. The molecule has 4 aliphatic rings. The average Bonchev–Trinajstić information content (AvgIpc) is 3.30. The van der Waals surface area contributed by atoms with E-state index in [1.165, 1.54) is 19.3 Å². The third-order valence-electron chi connectivity index (χ3n) is 8.58. The maximum atomic E-state index is 13.1. The van der Waals surface area contributed by atoms with Crippen LogP contribution in [0.4, 0.5) is 0 Å². The largest absolute Gasteiger partial charge is 0.465 e. The number of imidazole rings is 1. The maximum Gasteiger partial charge on any atom is 0.312 e. The van der Waals surface area contributed by atoms with Crippen LogP contribution in [0.25, 0.3) is 22.5 Å². The Bertz CT molecular complexity index is 1200. The van der Waals surface area contributed by atoms with Crippen molar-refractivity contribution >= 4 is 11.8 Å². The molecule has 0 unspecified atom stereocenters. The molecule has 0 amide bonds. The van der Waals surface area contributed by atoms with Gasteiger partial charge in [0.25, 0.3) is 0 Å². The predicted octanol–water partition coefficient (Wildman–Crippen LogP) is 6.33. The molecule has 5 nitrogen and oxygen atoms in total. The van der Waals surface area contributed by atoms with E-state index in [0.29, 0.717) is 19.4 Å². The fourth-order valence-corrected chi connectivity index (χ4v) is 7.43. The van der Waals surface area contributed by atoms with E-state index in [0.717, 1.165) is 59.5 Å². The number of ether oxygens (including phenoxy) is 1. The first-order valence-electron chi connectivity index (χ1n) is 13.4. The fraction of sp³-hybridized carbons (Fsp3) is 0.452. The molecular formula is C31H34N2O3. The molecule has 0 aliphatic heterocycles. The number of benzene rings is 2. The van der Waals surface area contributed by atoms with Gasteiger partial charge in [0.2, 0.25) is 0 Å². The minimum Gasteiger partial charge on any atom is -0.465 e. The zero-order chi connectivity index (χ0) is 24.5. The van der Waals surface area contributed by atoms with E-state index in [2.05, 4.69) is 4.98 Å². The summed E-state index contributed by atoms with van der Waals surface area (Å²) in [6, 6.07) is 20.2. The monoisotopic (exact) mass is 482 g/mol. The number of esters is 1. The van der Waals surface area contributed by atoms with Crippen molar-refractivity contribution in [1.29, 1.82) is 0 Å². The van der Waals surface area contributed by atoms with Gasteiger partial charge in [0.15, 0.2) is 5.78 Å². The van der Waals surface area contributed by atoms with Gasteiger partial charge in [-0.25, -0.2) is 4.98 Å². The van der Waals surface area contributed by atoms with Crippen LogP contribution in [0.1, 0.15) is 51.4 Å². The Morgan fingerprint density at radius 3 is 2.06 bits per heavy atom. The van der Waals surface area contributed by atoms with Crippen molar-refractivity contribution in [3.63, 3.8) is 0 Å². The molecule has 7 rings (SSSR count). The van der Waals surface area contributed by atoms with Crippen molar-refractivity contribution in [2.75, 3.05) is 6.61 Å². The molecule has 0 N–H and O–H groups in total. The Hall–Kier alpha value is -3.21. The van der Waals surface area contributed by atoms with Gasteiger partial charge in [-0.05, 0) is 62.7 Å². The van der Waals surface area contributed by atoms with Crippen LogP contribution >= 0.6 is 0 Å². The number of hydrogen-bond donors (Lipinski definition) is 0. The Kier molecular flexibility index (Phi) is 6.24. The van der Waals surface area contributed by atoms with Gasteiger partial charge >= 0.3 is 5.97 Å². The van der Waals surface area contributed by atoms with Gasteiger partial charge in [-0.3, -0.25) is 9.59 Å². The maximum absolute atomic E-state index is 13.1. The standard InChI is InChI=1S/C31H34N2O3/c34-27(12-7-13-36-30(35)31-17-22-14-23(18-31)16-24(15-22)19-31)20-33-21-32-28(25-8-3-1-4-9-25)29(33)26-10-5-2-6-11-26/h1-6,8-11,21-24H,7,12-20H2. The zero-order valence-electron chi connectivity index (χ0n) is 20.8. The summed E-state index contributed by atoms with van der Waals surface area (Å²) in [5, 5.41) is 0. The Morgan fingerprint density at radius 2 is 1.44 bits per heavy atom. The summed E-state index contributed by atoms with van der Waals surface area (Å²) in [5.74, 6) is 2.29. The summed E-state index contributed by atoms with van der Waals surface area (Å²) in [6.07, 6.45) is 9.70. The summed E-state index contributed by atoms with van der Waals surface area (Å²) in [4.78, 5) is 30.6. The molecule has 0 spiro atoms. The number of carbonyl (C=O) groups excluding carboxylic acids is 2. The molecule has 2 aromatic carbocycles. The number of carbonyl (C=O) groups is 2. The average molecular weight is 483 g/mol. The van der Waals surface area contributed by atoms with Gasteiger partial charge in [0, 0.05) is 17.5 Å². The van der Waals surface area contributed by atoms with Crippen molar-refractivity contribution in [2.45, 2.75) is 57.9 Å². The molecule has 4 bridgehead atoms. The molecule has 1 aromatic heterocycles. The van der Waals surface area contributed by atoms with Gasteiger partial charge in [0.05, 0.1) is 36.3 Å². The second-order valence-electron chi connectivity index (χ2n) is 11.3. The summed E-state index contributed by atoms with van der Waals surface area (Å²) in [7, 11) is 0. The Balaban J connectivity index is 1.07. The van der Waals surface area contributed by atoms with Gasteiger partial charge < -0.3 is 9.30 Å². The second-order valence-corrected chi connectivity index (χ2v) is 11.3. The highest BCUT2D eigenvalue weighted by Gasteiger charge is 2.55. The minimum atomic E-state index is -0.228. The third kappa shape index (κ3) is 4.52. The van der Waals surface area contributed by atoms with E-state index >= 15 is 0 Å². The number of rotatable bonds is 9. The van der Waals surface area contributed by atoms with Crippen LogP contribution in [-0.2, 0) is 20.9 Å². The predicted molar refractivity (Wildman–Crippen MR) is 139 cm³/mol. The minimum absolute atomic E-state index is 0.00234.